The molecule has 0 amide bonds. The van der Waals surface area contributed by atoms with Crippen molar-refractivity contribution in [3.8, 4) is 5.75 Å². The predicted molar refractivity (Wildman–Crippen MR) is 107 cm³/mol. The fourth-order valence-corrected chi connectivity index (χ4v) is 3.69. The number of aryl methyl sites for hydroxylation is 1. The summed E-state index contributed by atoms with van der Waals surface area (Å²) in [6.45, 7) is 4.34. The second kappa shape index (κ2) is 8.15. The van der Waals surface area contributed by atoms with Crippen LogP contribution in [0.2, 0.25) is 0 Å². The number of nitrogens with zero attached hydrogens (tertiary/aromatic N) is 1. The summed E-state index contributed by atoms with van der Waals surface area (Å²) in [4.78, 5) is 4.94. The van der Waals surface area contributed by atoms with Crippen LogP contribution >= 0.6 is 15.9 Å². The average molecular weight is 401 g/mol. The molecule has 1 heterocycles. The molecule has 0 saturated carbocycles. The quantitative estimate of drug-likeness (QED) is 0.708. The minimum atomic E-state index is 0.0624. The molecule has 2 aromatic rings. The van der Waals surface area contributed by atoms with Crippen LogP contribution in [0.25, 0.3) is 0 Å². The lowest BCUT2D eigenvalue weighted by atomic mass is 9.93. The molecule has 2 atom stereocenters. The van der Waals surface area contributed by atoms with Crippen molar-refractivity contribution in [3.05, 3.63) is 63.6 Å². The lowest BCUT2D eigenvalue weighted by Crippen LogP contribution is -2.38. The molecule has 0 saturated heterocycles. The predicted octanol–water partition coefficient (Wildman–Crippen LogP) is 5.37. The first kappa shape index (κ1) is 18.2. The molecule has 2 aromatic carbocycles. The van der Waals surface area contributed by atoms with Crippen molar-refractivity contribution >= 4 is 21.6 Å². The Morgan fingerprint density at radius 3 is 2.60 bits per heavy atom. The van der Waals surface area contributed by atoms with Crippen LogP contribution in [0.4, 0.5) is 0 Å². The summed E-state index contributed by atoms with van der Waals surface area (Å²) in [6, 6.07) is 14.4. The van der Waals surface area contributed by atoms with Gasteiger partial charge in [0.1, 0.15) is 11.9 Å². The van der Waals surface area contributed by atoms with Crippen molar-refractivity contribution < 1.29 is 5.11 Å². The summed E-state index contributed by atoms with van der Waals surface area (Å²) in [6.07, 6.45) is 3.96. The van der Waals surface area contributed by atoms with Gasteiger partial charge in [-0.15, -0.1) is 0 Å². The lowest BCUT2D eigenvalue weighted by Gasteiger charge is -2.30. The largest absolute Gasteiger partial charge is 0.508 e. The van der Waals surface area contributed by atoms with Crippen molar-refractivity contribution in [2.75, 3.05) is 0 Å². The van der Waals surface area contributed by atoms with Crippen LogP contribution in [-0.2, 0) is 6.42 Å². The van der Waals surface area contributed by atoms with E-state index < -0.39 is 0 Å². The molecule has 4 heteroatoms. The van der Waals surface area contributed by atoms with Crippen LogP contribution < -0.4 is 5.32 Å². The SMILES string of the molecule is CCC[C@@H]1N=C(c2ccc(CC)cc2)C[C@@H](c2cc(Br)ccc2O)N1. The molecule has 1 aliphatic rings. The highest BCUT2D eigenvalue weighted by Crippen LogP contribution is 2.33. The molecular formula is C21H25BrN2O. The fourth-order valence-electron chi connectivity index (χ4n) is 3.31. The number of hydrogen-bond acceptors (Lipinski definition) is 3. The Kier molecular flexibility index (Phi) is 5.92. The van der Waals surface area contributed by atoms with E-state index in [1.165, 1.54) is 11.1 Å². The Bertz CT molecular complexity index is 755. The highest BCUT2D eigenvalue weighted by Gasteiger charge is 2.26. The first-order valence-corrected chi connectivity index (χ1v) is 9.80. The summed E-state index contributed by atoms with van der Waals surface area (Å²) in [5.41, 5.74) is 4.56. The topological polar surface area (TPSA) is 44.6 Å². The molecule has 0 aromatic heterocycles. The molecule has 0 bridgehead atoms. The molecule has 0 radical (unpaired) electrons. The summed E-state index contributed by atoms with van der Waals surface area (Å²) in [7, 11) is 0. The van der Waals surface area contributed by atoms with Gasteiger partial charge in [-0.2, -0.15) is 0 Å². The van der Waals surface area contributed by atoms with Crippen LogP contribution in [0.3, 0.4) is 0 Å². The number of nitrogens with one attached hydrogen (secondary N) is 1. The van der Waals surface area contributed by atoms with Gasteiger partial charge in [0.25, 0.3) is 0 Å². The van der Waals surface area contributed by atoms with E-state index in [0.29, 0.717) is 5.75 Å². The van der Waals surface area contributed by atoms with E-state index in [1.807, 2.05) is 12.1 Å². The standard InChI is InChI=1S/C21H25BrN2O/c1-3-5-21-23-18(15-8-6-14(4-2)7-9-15)13-19(24-21)17-12-16(22)10-11-20(17)25/h6-12,19,21,24-25H,3-5,13H2,1-2H3/t19-,21+/m0/s1. The summed E-state index contributed by atoms with van der Waals surface area (Å²) in [5, 5.41) is 13.9. The van der Waals surface area contributed by atoms with E-state index in [4.69, 9.17) is 4.99 Å². The molecule has 3 nitrogen and oxygen atoms in total. The van der Waals surface area contributed by atoms with Gasteiger partial charge in [-0.25, -0.2) is 0 Å². The molecule has 132 valence electrons. The zero-order valence-electron chi connectivity index (χ0n) is 14.8. The zero-order chi connectivity index (χ0) is 17.8. The van der Waals surface area contributed by atoms with Gasteiger partial charge in [-0.3, -0.25) is 10.3 Å². The minimum absolute atomic E-state index is 0.0624. The third-order valence-electron chi connectivity index (χ3n) is 4.73. The Balaban J connectivity index is 1.92. The molecule has 2 N–H and O–H groups in total. The molecule has 0 spiro atoms. The molecule has 1 aliphatic heterocycles. The van der Waals surface area contributed by atoms with Crippen molar-refractivity contribution in [2.24, 2.45) is 4.99 Å². The number of halogens is 1. The maximum absolute atomic E-state index is 10.3. The Morgan fingerprint density at radius 2 is 1.92 bits per heavy atom. The van der Waals surface area contributed by atoms with E-state index in [-0.39, 0.29) is 12.2 Å². The lowest BCUT2D eigenvalue weighted by molar-refractivity contribution is 0.391. The highest BCUT2D eigenvalue weighted by atomic mass is 79.9. The Hall–Kier alpha value is -1.65. The average Bonchev–Trinajstić information content (AvgIpc) is 2.64. The van der Waals surface area contributed by atoms with Crippen LogP contribution in [0, 0.1) is 0 Å². The first-order chi connectivity index (χ1) is 12.1. The maximum atomic E-state index is 10.3. The second-order valence-corrected chi connectivity index (χ2v) is 7.47. The van der Waals surface area contributed by atoms with Crippen LogP contribution in [0.15, 0.2) is 51.9 Å². The molecule has 25 heavy (non-hydrogen) atoms. The van der Waals surface area contributed by atoms with E-state index in [2.05, 4.69) is 59.4 Å². The van der Waals surface area contributed by atoms with E-state index in [0.717, 1.165) is 41.4 Å². The van der Waals surface area contributed by atoms with Gasteiger partial charge >= 0.3 is 0 Å². The van der Waals surface area contributed by atoms with Crippen LogP contribution in [0.5, 0.6) is 5.75 Å². The van der Waals surface area contributed by atoms with Crippen LogP contribution in [-0.4, -0.2) is 17.0 Å². The van der Waals surface area contributed by atoms with Crippen molar-refractivity contribution in [1.82, 2.24) is 5.32 Å². The number of aromatic hydroxyl groups is 1. The fraction of sp³-hybridized carbons (Fsp3) is 0.381. The number of rotatable bonds is 5. The third-order valence-corrected chi connectivity index (χ3v) is 5.22. The van der Waals surface area contributed by atoms with Gasteiger partial charge in [0.15, 0.2) is 0 Å². The Morgan fingerprint density at radius 1 is 1.16 bits per heavy atom. The van der Waals surface area contributed by atoms with Gasteiger partial charge in [0.05, 0.1) is 0 Å². The molecule has 3 rings (SSSR count). The number of aliphatic imine (C=N–C) groups is 1. The van der Waals surface area contributed by atoms with Gasteiger partial charge in [0.2, 0.25) is 0 Å². The number of hydrogen-bond donors (Lipinski definition) is 2. The number of benzene rings is 2. The Labute approximate surface area is 158 Å². The monoisotopic (exact) mass is 400 g/mol. The summed E-state index contributed by atoms with van der Waals surface area (Å²) < 4.78 is 0.977. The van der Waals surface area contributed by atoms with E-state index in [1.54, 1.807) is 6.07 Å². The molecule has 0 aliphatic carbocycles. The normalized spacial score (nSPS) is 20.4. The van der Waals surface area contributed by atoms with E-state index >= 15 is 0 Å². The smallest absolute Gasteiger partial charge is 0.120 e. The zero-order valence-corrected chi connectivity index (χ0v) is 16.4. The molecule has 0 unspecified atom stereocenters. The third kappa shape index (κ3) is 4.31. The van der Waals surface area contributed by atoms with Crippen molar-refractivity contribution in [2.45, 2.75) is 51.7 Å². The highest BCUT2D eigenvalue weighted by molar-refractivity contribution is 9.10. The van der Waals surface area contributed by atoms with Crippen molar-refractivity contribution in [3.63, 3.8) is 0 Å². The summed E-state index contributed by atoms with van der Waals surface area (Å²) in [5.74, 6) is 0.332. The maximum Gasteiger partial charge on any atom is 0.120 e. The van der Waals surface area contributed by atoms with Gasteiger partial charge in [0, 0.05) is 28.2 Å². The molecular weight excluding hydrogens is 376 g/mol. The summed E-state index contributed by atoms with van der Waals surface area (Å²) >= 11 is 3.52. The van der Waals surface area contributed by atoms with Crippen molar-refractivity contribution in [1.29, 1.82) is 0 Å². The van der Waals surface area contributed by atoms with Gasteiger partial charge in [-0.05, 0) is 42.2 Å². The van der Waals surface area contributed by atoms with Gasteiger partial charge in [-0.1, -0.05) is 60.5 Å². The number of phenolic OH excluding ortho intramolecular Hbond substituents is 1. The van der Waals surface area contributed by atoms with Gasteiger partial charge < -0.3 is 5.11 Å². The second-order valence-electron chi connectivity index (χ2n) is 6.56. The van der Waals surface area contributed by atoms with Crippen LogP contribution in [0.1, 0.15) is 55.8 Å². The number of phenols is 1. The van der Waals surface area contributed by atoms with E-state index in [9.17, 15) is 5.11 Å². The molecule has 0 fully saturated rings. The first-order valence-electron chi connectivity index (χ1n) is 9.01. The minimum Gasteiger partial charge on any atom is -0.508 e.